The second-order valence-electron chi connectivity index (χ2n) is 7.06. The number of H-pyrrole nitrogens is 1. The summed E-state index contributed by atoms with van der Waals surface area (Å²) in [5, 5.41) is 3.38. The number of benzene rings is 1. The highest BCUT2D eigenvalue weighted by atomic mass is 35.5. The minimum Gasteiger partial charge on any atom is -0.438 e. The summed E-state index contributed by atoms with van der Waals surface area (Å²) in [7, 11) is 0. The zero-order valence-corrected chi connectivity index (χ0v) is 18.3. The van der Waals surface area contributed by atoms with Crippen LogP contribution in [0.4, 0.5) is 0 Å². The van der Waals surface area contributed by atoms with Crippen LogP contribution in [0.2, 0.25) is 5.02 Å². The number of pyridine rings is 1. The van der Waals surface area contributed by atoms with E-state index in [1.807, 2.05) is 30.3 Å². The molecule has 1 saturated heterocycles. The van der Waals surface area contributed by atoms with Gasteiger partial charge in [-0.3, -0.25) is 9.78 Å². The number of hydrogen-bond acceptors (Lipinski definition) is 6. The molecule has 0 spiro atoms. The summed E-state index contributed by atoms with van der Waals surface area (Å²) in [5.41, 5.74) is 0.693. The highest BCUT2D eigenvalue weighted by molar-refractivity contribution is 7.71. The number of hydrogen-bond donors (Lipinski definition) is 1. The van der Waals surface area contributed by atoms with Gasteiger partial charge < -0.3 is 14.2 Å². The van der Waals surface area contributed by atoms with E-state index in [0.717, 1.165) is 12.8 Å². The maximum atomic E-state index is 6.53. The third-order valence-corrected chi connectivity index (χ3v) is 5.69. The van der Waals surface area contributed by atoms with Crippen molar-refractivity contribution in [1.82, 2.24) is 19.7 Å². The van der Waals surface area contributed by atoms with Crippen molar-refractivity contribution < 1.29 is 14.2 Å². The average Bonchev–Trinajstić information content (AvgIpc) is 3.34. The average molecular weight is 447 g/mol. The van der Waals surface area contributed by atoms with E-state index < -0.39 is 5.79 Å². The van der Waals surface area contributed by atoms with Crippen molar-refractivity contribution in [2.45, 2.75) is 51.2 Å². The van der Waals surface area contributed by atoms with Gasteiger partial charge in [-0.05, 0) is 43.3 Å². The molecule has 4 rings (SSSR count). The molecule has 3 heterocycles. The molecule has 1 aliphatic heterocycles. The number of halogens is 1. The summed E-state index contributed by atoms with van der Waals surface area (Å²) in [6.45, 7) is 4.46. The third kappa shape index (κ3) is 4.13. The lowest BCUT2D eigenvalue weighted by atomic mass is 10.1. The van der Waals surface area contributed by atoms with Crippen molar-refractivity contribution in [2.75, 3.05) is 0 Å². The van der Waals surface area contributed by atoms with Crippen LogP contribution < -0.4 is 4.74 Å². The van der Waals surface area contributed by atoms with Gasteiger partial charge in [-0.25, -0.2) is 9.97 Å². The Balaban J connectivity index is 1.69. The molecule has 0 aliphatic carbocycles. The number of rotatable bonds is 7. The molecule has 0 radical (unpaired) electrons. The van der Waals surface area contributed by atoms with E-state index in [1.165, 1.54) is 0 Å². The molecule has 0 bridgehead atoms. The number of aromatic amines is 1. The first-order valence-corrected chi connectivity index (χ1v) is 10.7. The Morgan fingerprint density at radius 3 is 2.43 bits per heavy atom. The van der Waals surface area contributed by atoms with E-state index in [2.05, 4.69) is 28.9 Å². The van der Waals surface area contributed by atoms with Crippen molar-refractivity contribution in [3.8, 4) is 11.6 Å². The maximum absolute atomic E-state index is 6.53. The van der Waals surface area contributed by atoms with Gasteiger partial charge in [-0.15, -0.1) is 0 Å². The SMILES string of the molecule is CCC1OC(Cn2[nH]cnc2=S)(c2cnc(Oc3ccccc3)c(Cl)c2)OC1CC. The first kappa shape index (κ1) is 21.0. The van der Waals surface area contributed by atoms with E-state index in [-0.39, 0.29) is 12.2 Å². The Bertz CT molecular complexity index is 1040. The summed E-state index contributed by atoms with van der Waals surface area (Å²) in [4.78, 5) is 8.53. The fourth-order valence-electron chi connectivity index (χ4n) is 3.57. The summed E-state index contributed by atoms with van der Waals surface area (Å²) < 4.78 is 20.8. The Labute approximate surface area is 185 Å². The predicted molar refractivity (Wildman–Crippen MR) is 115 cm³/mol. The van der Waals surface area contributed by atoms with Crippen molar-refractivity contribution in [3.05, 3.63) is 64.3 Å². The fourth-order valence-corrected chi connectivity index (χ4v) is 3.95. The first-order chi connectivity index (χ1) is 14.5. The molecule has 1 N–H and O–H groups in total. The van der Waals surface area contributed by atoms with E-state index >= 15 is 0 Å². The van der Waals surface area contributed by atoms with Crippen LogP contribution >= 0.6 is 23.8 Å². The lowest BCUT2D eigenvalue weighted by Crippen LogP contribution is -2.34. The topological polar surface area (TPSA) is 74.2 Å². The van der Waals surface area contributed by atoms with Crippen LogP contribution in [0.3, 0.4) is 0 Å². The van der Waals surface area contributed by atoms with Crippen LogP contribution in [0.1, 0.15) is 32.3 Å². The van der Waals surface area contributed by atoms with Gasteiger partial charge in [-0.1, -0.05) is 43.6 Å². The number of ether oxygens (including phenoxy) is 3. The van der Waals surface area contributed by atoms with Gasteiger partial charge >= 0.3 is 0 Å². The van der Waals surface area contributed by atoms with Gasteiger partial charge in [0.1, 0.15) is 23.6 Å². The molecular weight excluding hydrogens is 424 g/mol. The lowest BCUT2D eigenvalue weighted by molar-refractivity contribution is -0.196. The Morgan fingerprint density at radius 2 is 1.87 bits per heavy atom. The lowest BCUT2D eigenvalue weighted by Gasteiger charge is -2.29. The van der Waals surface area contributed by atoms with Crippen molar-refractivity contribution >= 4 is 23.8 Å². The van der Waals surface area contributed by atoms with Gasteiger partial charge in [0.15, 0.2) is 0 Å². The Morgan fingerprint density at radius 1 is 1.17 bits per heavy atom. The Hall–Kier alpha value is -2.26. The van der Waals surface area contributed by atoms with E-state index in [9.17, 15) is 0 Å². The first-order valence-electron chi connectivity index (χ1n) is 9.89. The normalized spacial score (nSPS) is 23.6. The number of nitrogens with one attached hydrogen (secondary N) is 1. The molecule has 7 nitrogen and oxygen atoms in total. The van der Waals surface area contributed by atoms with E-state index in [1.54, 1.807) is 23.3 Å². The fraction of sp³-hybridized carbons (Fsp3) is 0.381. The molecule has 0 amide bonds. The molecule has 1 fully saturated rings. The van der Waals surface area contributed by atoms with Gasteiger partial charge in [0, 0.05) is 11.8 Å². The van der Waals surface area contributed by atoms with Gasteiger partial charge in [0.05, 0.1) is 12.2 Å². The van der Waals surface area contributed by atoms with E-state index in [4.69, 9.17) is 38.0 Å². The molecule has 30 heavy (non-hydrogen) atoms. The van der Waals surface area contributed by atoms with Crippen molar-refractivity contribution in [2.24, 2.45) is 0 Å². The summed E-state index contributed by atoms with van der Waals surface area (Å²) in [5.74, 6) is -0.116. The Kier molecular flexibility index (Phi) is 6.19. The molecule has 2 aromatic heterocycles. The highest BCUT2D eigenvalue weighted by Crippen LogP contribution is 2.42. The largest absolute Gasteiger partial charge is 0.438 e. The van der Waals surface area contributed by atoms with Crippen LogP contribution in [-0.4, -0.2) is 32.0 Å². The van der Waals surface area contributed by atoms with Crippen LogP contribution in [0.25, 0.3) is 0 Å². The highest BCUT2D eigenvalue weighted by Gasteiger charge is 2.48. The molecule has 2 atom stereocenters. The van der Waals surface area contributed by atoms with Gasteiger partial charge in [0.2, 0.25) is 16.4 Å². The summed E-state index contributed by atoms with van der Waals surface area (Å²) >= 11 is 11.8. The van der Waals surface area contributed by atoms with Crippen LogP contribution in [0.5, 0.6) is 11.6 Å². The monoisotopic (exact) mass is 446 g/mol. The van der Waals surface area contributed by atoms with Gasteiger partial charge in [-0.2, -0.15) is 0 Å². The smallest absolute Gasteiger partial charge is 0.238 e. The maximum Gasteiger partial charge on any atom is 0.238 e. The van der Waals surface area contributed by atoms with Crippen molar-refractivity contribution in [3.63, 3.8) is 0 Å². The van der Waals surface area contributed by atoms with Crippen LogP contribution in [0, 0.1) is 4.77 Å². The second-order valence-corrected chi connectivity index (χ2v) is 7.84. The van der Waals surface area contributed by atoms with Crippen molar-refractivity contribution in [1.29, 1.82) is 0 Å². The molecule has 9 heteroatoms. The van der Waals surface area contributed by atoms with Crippen LogP contribution in [0.15, 0.2) is 48.9 Å². The molecule has 158 valence electrons. The molecule has 2 unspecified atom stereocenters. The zero-order chi connectivity index (χ0) is 21.1. The second kappa shape index (κ2) is 8.85. The number of nitrogens with zero attached hydrogens (tertiary/aromatic N) is 3. The molecule has 1 aromatic carbocycles. The molecule has 1 aliphatic rings. The predicted octanol–water partition coefficient (Wildman–Crippen LogP) is 5.24. The molecule has 3 aromatic rings. The minimum atomic E-state index is -1.09. The quantitative estimate of drug-likeness (QED) is 0.500. The standard InChI is InChI=1S/C21H23ClN4O3S/c1-3-17-18(4-2)29-21(28-17,12-26-20(30)24-13-25-26)14-10-16(22)19(23-11-14)27-15-8-6-5-7-9-15/h5-11,13,17-18H,3-4,12H2,1-2H3,(H,24,25,30). The summed E-state index contributed by atoms with van der Waals surface area (Å²) in [6, 6.07) is 11.1. The summed E-state index contributed by atoms with van der Waals surface area (Å²) in [6.07, 6.45) is 4.77. The van der Waals surface area contributed by atoms with Gasteiger partial charge in [0.25, 0.3) is 0 Å². The molecule has 0 saturated carbocycles. The van der Waals surface area contributed by atoms with E-state index in [0.29, 0.717) is 33.5 Å². The molecular formula is C21H23ClN4O3S. The number of para-hydroxylation sites is 1. The number of aromatic nitrogens is 4. The minimum absolute atomic E-state index is 0.0499. The van der Waals surface area contributed by atoms with Crippen LogP contribution in [-0.2, 0) is 21.8 Å². The zero-order valence-electron chi connectivity index (χ0n) is 16.7. The third-order valence-electron chi connectivity index (χ3n) is 5.09.